The average Bonchev–Trinajstić information content (AvgIpc) is 3.18. The predicted molar refractivity (Wildman–Crippen MR) is 83.1 cm³/mol. The van der Waals surface area contributed by atoms with Gasteiger partial charge in [0.05, 0.1) is 10.6 Å². The van der Waals surface area contributed by atoms with Crippen LogP contribution in [0.15, 0.2) is 47.9 Å². The number of nitrogens with zero attached hydrogens (tertiary/aromatic N) is 4. The smallest absolute Gasteiger partial charge is 0.248 e. The van der Waals surface area contributed by atoms with E-state index in [4.69, 9.17) is 0 Å². The van der Waals surface area contributed by atoms with Crippen molar-refractivity contribution in [1.82, 2.24) is 20.2 Å². The Morgan fingerprint density at radius 2 is 2.05 bits per heavy atom. The molecule has 1 N–H and O–H groups in total. The maximum Gasteiger partial charge on any atom is 0.248 e. The molecule has 21 heavy (non-hydrogen) atoms. The SMILES string of the molecule is Cc1ccc(C2C=C(c3cccs3)Nc3nnnn32)cc1. The van der Waals surface area contributed by atoms with Crippen molar-refractivity contribution < 1.29 is 0 Å². The molecule has 0 amide bonds. The summed E-state index contributed by atoms with van der Waals surface area (Å²) >= 11 is 1.70. The minimum absolute atomic E-state index is 0.00829. The molecule has 0 radical (unpaired) electrons. The summed E-state index contributed by atoms with van der Waals surface area (Å²) in [5.74, 6) is 0.673. The van der Waals surface area contributed by atoms with E-state index in [0.717, 1.165) is 5.70 Å². The van der Waals surface area contributed by atoms with E-state index in [1.54, 1.807) is 11.3 Å². The molecule has 0 saturated heterocycles. The molecule has 3 heterocycles. The summed E-state index contributed by atoms with van der Waals surface area (Å²) < 4.78 is 1.81. The fourth-order valence-corrected chi connectivity index (χ4v) is 3.14. The predicted octanol–water partition coefficient (Wildman–Crippen LogP) is 3.10. The Balaban J connectivity index is 1.82. The van der Waals surface area contributed by atoms with Gasteiger partial charge >= 0.3 is 0 Å². The first kappa shape index (κ1) is 12.3. The minimum atomic E-state index is 0.00829. The second kappa shape index (κ2) is 4.82. The summed E-state index contributed by atoms with van der Waals surface area (Å²) in [5, 5.41) is 17.3. The fourth-order valence-electron chi connectivity index (χ4n) is 2.43. The van der Waals surface area contributed by atoms with E-state index in [1.165, 1.54) is 16.0 Å². The lowest BCUT2D eigenvalue weighted by atomic mass is 10.0. The highest BCUT2D eigenvalue weighted by molar-refractivity contribution is 7.11. The Bertz CT molecular complexity index is 786. The molecule has 104 valence electrons. The van der Waals surface area contributed by atoms with Crippen LogP contribution in [0, 0.1) is 6.92 Å². The zero-order chi connectivity index (χ0) is 14.2. The van der Waals surface area contributed by atoms with Gasteiger partial charge in [0.15, 0.2) is 0 Å². The van der Waals surface area contributed by atoms with Gasteiger partial charge in [0, 0.05) is 0 Å². The molecule has 2 aromatic heterocycles. The summed E-state index contributed by atoms with van der Waals surface area (Å²) in [7, 11) is 0. The largest absolute Gasteiger partial charge is 0.322 e. The second-order valence-electron chi connectivity index (χ2n) is 4.99. The molecule has 1 aromatic carbocycles. The summed E-state index contributed by atoms with van der Waals surface area (Å²) in [4.78, 5) is 1.18. The van der Waals surface area contributed by atoms with Crippen LogP contribution in [0.1, 0.15) is 22.0 Å². The number of hydrogen-bond acceptors (Lipinski definition) is 5. The standard InChI is InChI=1S/C15H13N5S/c1-10-4-6-11(7-5-10)13-9-12(14-3-2-8-21-14)16-15-17-18-19-20(13)15/h2-9,13H,1H3,(H,16,17,19). The molecule has 0 bridgehead atoms. The quantitative estimate of drug-likeness (QED) is 0.789. The van der Waals surface area contributed by atoms with Crippen LogP contribution in [0.3, 0.4) is 0 Å². The van der Waals surface area contributed by atoms with Gasteiger partial charge in [0.1, 0.15) is 6.04 Å². The summed E-state index contributed by atoms with van der Waals surface area (Å²) in [6.07, 6.45) is 2.17. The Kier molecular flexibility index (Phi) is 2.82. The van der Waals surface area contributed by atoms with Gasteiger partial charge in [-0.3, -0.25) is 0 Å². The van der Waals surface area contributed by atoms with Crippen LogP contribution >= 0.6 is 11.3 Å². The van der Waals surface area contributed by atoms with Crippen LogP contribution in [0.25, 0.3) is 5.70 Å². The van der Waals surface area contributed by atoms with Crippen molar-refractivity contribution >= 4 is 23.0 Å². The van der Waals surface area contributed by atoms with Crippen molar-refractivity contribution in [2.24, 2.45) is 0 Å². The van der Waals surface area contributed by atoms with Gasteiger partial charge < -0.3 is 5.32 Å². The summed E-state index contributed by atoms with van der Waals surface area (Å²) in [6.45, 7) is 2.08. The molecule has 1 aliphatic heterocycles. The van der Waals surface area contributed by atoms with Crippen LogP contribution in [0.5, 0.6) is 0 Å². The first-order valence-corrected chi connectivity index (χ1v) is 7.56. The molecule has 1 unspecified atom stereocenters. The summed E-state index contributed by atoms with van der Waals surface area (Å²) in [5.41, 5.74) is 3.47. The van der Waals surface area contributed by atoms with E-state index >= 15 is 0 Å². The van der Waals surface area contributed by atoms with E-state index in [2.05, 4.69) is 69.6 Å². The molecule has 1 atom stereocenters. The zero-order valence-corrected chi connectivity index (χ0v) is 12.2. The van der Waals surface area contributed by atoms with Crippen molar-refractivity contribution in [3.8, 4) is 0 Å². The average molecular weight is 295 g/mol. The van der Waals surface area contributed by atoms with Crippen LogP contribution in [0.4, 0.5) is 5.95 Å². The van der Waals surface area contributed by atoms with Crippen molar-refractivity contribution in [1.29, 1.82) is 0 Å². The number of anilines is 1. The molecule has 3 aromatic rings. The van der Waals surface area contributed by atoms with E-state index in [0.29, 0.717) is 5.95 Å². The topological polar surface area (TPSA) is 55.6 Å². The van der Waals surface area contributed by atoms with Gasteiger partial charge in [-0.2, -0.15) is 4.68 Å². The maximum atomic E-state index is 4.10. The first-order valence-electron chi connectivity index (χ1n) is 6.68. The third-order valence-electron chi connectivity index (χ3n) is 3.53. The second-order valence-corrected chi connectivity index (χ2v) is 5.93. The molecular weight excluding hydrogens is 282 g/mol. The van der Waals surface area contributed by atoms with Crippen LogP contribution in [-0.2, 0) is 0 Å². The lowest BCUT2D eigenvalue weighted by Crippen LogP contribution is -2.19. The van der Waals surface area contributed by atoms with Crippen molar-refractivity contribution in [3.63, 3.8) is 0 Å². The van der Waals surface area contributed by atoms with Crippen LogP contribution in [0.2, 0.25) is 0 Å². The highest BCUT2D eigenvalue weighted by atomic mass is 32.1. The molecule has 0 spiro atoms. The number of allylic oxidation sites excluding steroid dienone is 1. The van der Waals surface area contributed by atoms with Gasteiger partial charge in [-0.1, -0.05) is 41.0 Å². The van der Waals surface area contributed by atoms with Crippen LogP contribution < -0.4 is 5.32 Å². The van der Waals surface area contributed by atoms with Crippen LogP contribution in [-0.4, -0.2) is 20.2 Å². The number of nitrogens with one attached hydrogen (secondary N) is 1. The molecule has 5 nitrogen and oxygen atoms in total. The Labute approximate surface area is 125 Å². The molecule has 1 aliphatic rings. The number of hydrogen-bond donors (Lipinski definition) is 1. The monoisotopic (exact) mass is 295 g/mol. The normalized spacial score (nSPS) is 17.0. The minimum Gasteiger partial charge on any atom is -0.322 e. The third kappa shape index (κ3) is 2.13. The fraction of sp³-hybridized carbons (Fsp3) is 0.133. The number of thiophene rings is 1. The zero-order valence-electron chi connectivity index (χ0n) is 11.4. The molecule has 0 saturated carbocycles. The van der Waals surface area contributed by atoms with E-state index in [1.807, 2.05) is 10.7 Å². The number of aryl methyl sites for hydroxylation is 1. The Morgan fingerprint density at radius 3 is 2.81 bits per heavy atom. The highest BCUT2D eigenvalue weighted by Gasteiger charge is 2.24. The third-order valence-corrected chi connectivity index (χ3v) is 4.44. The first-order chi connectivity index (χ1) is 10.3. The van der Waals surface area contributed by atoms with Gasteiger partial charge in [-0.15, -0.1) is 11.3 Å². The Hall–Kier alpha value is -2.47. The molecule has 0 fully saturated rings. The number of benzene rings is 1. The van der Waals surface area contributed by atoms with Crippen molar-refractivity contribution in [2.75, 3.05) is 5.32 Å². The number of rotatable bonds is 2. The Morgan fingerprint density at radius 1 is 1.19 bits per heavy atom. The van der Waals surface area contributed by atoms with Gasteiger partial charge in [-0.25, -0.2) is 0 Å². The highest BCUT2D eigenvalue weighted by Crippen LogP contribution is 2.32. The number of fused-ring (bicyclic) bond motifs is 1. The van der Waals surface area contributed by atoms with Crippen molar-refractivity contribution in [3.05, 3.63) is 63.9 Å². The lowest BCUT2D eigenvalue weighted by Gasteiger charge is -2.22. The maximum absolute atomic E-state index is 4.10. The molecule has 0 aliphatic carbocycles. The lowest BCUT2D eigenvalue weighted by molar-refractivity contribution is 0.586. The number of aromatic nitrogens is 4. The molecular formula is C15H13N5S. The van der Waals surface area contributed by atoms with Gasteiger partial charge in [0.2, 0.25) is 5.95 Å². The summed E-state index contributed by atoms with van der Waals surface area (Å²) in [6, 6.07) is 12.6. The van der Waals surface area contributed by atoms with Gasteiger partial charge in [0.25, 0.3) is 0 Å². The molecule has 4 rings (SSSR count). The van der Waals surface area contributed by atoms with E-state index < -0.39 is 0 Å². The van der Waals surface area contributed by atoms with Gasteiger partial charge in [-0.05, 0) is 40.4 Å². The van der Waals surface area contributed by atoms with E-state index in [9.17, 15) is 0 Å². The van der Waals surface area contributed by atoms with Crippen molar-refractivity contribution in [2.45, 2.75) is 13.0 Å². The molecule has 6 heteroatoms. The number of tetrazole rings is 1. The van der Waals surface area contributed by atoms with E-state index in [-0.39, 0.29) is 6.04 Å².